The normalized spacial score (nSPS) is 14.3. The van der Waals surface area contributed by atoms with Gasteiger partial charge in [-0.3, -0.25) is 19.2 Å². The van der Waals surface area contributed by atoms with Crippen LogP contribution in [0.25, 0.3) is 54.8 Å². The van der Waals surface area contributed by atoms with E-state index in [1.54, 1.807) is 27.0 Å². The predicted molar refractivity (Wildman–Crippen MR) is 303 cm³/mol. The number of rotatable bonds is 9. The van der Waals surface area contributed by atoms with E-state index in [1.165, 1.54) is 42.2 Å². The van der Waals surface area contributed by atoms with E-state index >= 15 is 0 Å². The molecule has 9 aromatic rings. The van der Waals surface area contributed by atoms with Crippen molar-refractivity contribution in [3.05, 3.63) is 172 Å². The zero-order valence-electron chi connectivity index (χ0n) is 46.0. The Kier molecular flexibility index (Phi) is 19.3. The van der Waals surface area contributed by atoms with Crippen LogP contribution in [0, 0.1) is 6.92 Å². The molecule has 7 heterocycles. The number of nitrogens with one attached hydrogen (secondary N) is 2. The Labute approximate surface area is 502 Å². The number of amides is 1. The molecule has 14 nitrogen and oxygen atoms in total. The van der Waals surface area contributed by atoms with Crippen molar-refractivity contribution >= 4 is 84.0 Å². The molecule has 15 heteroatoms. The molecule has 4 N–H and O–H groups in total. The van der Waals surface area contributed by atoms with Crippen LogP contribution in [0.1, 0.15) is 102 Å². The zero-order valence-corrected chi connectivity index (χ0v) is 49.1. The van der Waals surface area contributed by atoms with Crippen molar-refractivity contribution in [2.24, 2.45) is 5.73 Å². The van der Waals surface area contributed by atoms with Crippen molar-refractivity contribution in [2.45, 2.75) is 104 Å². The van der Waals surface area contributed by atoms with Gasteiger partial charge in [0.25, 0.3) is 5.78 Å². The van der Waals surface area contributed by atoms with Gasteiger partial charge in [-0.15, -0.1) is 5.60 Å². The van der Waals surface area contributed by atoms with E-state index in [2.05, 4.69) is 60.4 Å². The van der Waals surface area contributed by atoms with Gasteiger partial charge in [-0.25, -0.2) is 4.79 Å². The van der Waals surface area contributed by atoms with Crippen molar-refractivity contribution < 1.29 is 94.7 Å². The first-order valence-corrected chi connectivity index (χ1v) is 26.6. The molecule has 0 unspecified atom stereocenters. The topological polar surface area (TPSA) is 204 Å². The number of aryl methyl sites for hydroxylation is 5. The van der Waals surface area contributed by atoms with Gasteiger partial charge >= 0.3 is 57.4 Å². The molecular weight excluding hydrogens is 1020 g/mol. The number of ether oxygens (including phenoxy) is 3. The van der Waals surface area contributed by atoms with Gasteiger partial charge in [0.15, 0.2) is 11.6 Å². The van der Waals surface area contributed by atoms with Crippen LogP contribution in [0.4, 0.5) is 0 Å². The third kappa shape index (κ3) is 13.8. The Morgan fingerprint density at radius 1 is 0.696 bits per heavy atom. The summed E-state index contributed by atoms with van der Waals surface area (Å²) in [5.41, 5.74) is 17.6. The van der Waals surface area contributed by atoms with E-state index in [0.717, 1.165) is 118 Å². The molecule has 402 valence electrons. The molecule has 79 heavy (non-hydrogen) atoms. The van der Waals surface area contributed by atoms with Crippen LogP contribution >= 0.6 is 0 Å². The van der Waals surface area contributed by atoms with Crippen LogP contribution in [0.15, 0.2) is 128 Å². The molecule has 0 spiro atoms. The summed E-state index contributed by atoms with van der Waals surface area (Å²) in [4.78, 5) is 67.0. The van der Waals surface area contributed by atoms with Crippen molar-refractivity contribution in [1.82, 2.24) is 19.1 Å². The number of methoxy groups -OCH3 is 1. The maximum Gasteiger partial charge on any atom is 1.00 e. The molecule has 1 amide bonds. The molecule has 1 fully saturated rings. The molecule has 1 saturated heterocycles. The molecule has 3 aliphatic heterocycles. The Bertz CT molecular complexity index is 3720. The van der Waals surface area contributed by atoms with Crippen molar-refractivity contribution in [3.8, 4) is 5.75 Å². The summed E-state index contributed by atoms with van der Waals surface area (Å²) in [6, 6.07) is 34.2. The van der Waals surface area contributed by atoms with E-state index in [1.807, 2.05) is 92.1 Å². The summed E-state index contributed by atoms with van der Waals surface area (Å²) in [5, 5.41) is 14.0. The Morgan fingerprint density at radius 2 is 1.29 bits per heavy atom. The van der Waals surface area contributed by atoms with Gasteiger partial charge in [-0.05, 0) is 91.5 Å². The molecule has 0 bridgehead atoms. The van der Waals surface area contributed by atoms with E-state index < -0.39 is 17.4 Å². The number of nitrogens with two attached hydrogens (primary N) is 1. The number of allylic oxidation sites excluding steroid dienone is 2. The van der Waals surface area contributed by atoms with Crippen molar-refractivity contribution in [1.29, 1.82) is 0 Å². The van der Waals surface area contributed by atoms with Crippen LogP contribution in [-0.4, -0.2) is 74.3 Å². The predicted octanol–water partition coefficient (Wildman–Crippen LogP) is 7.49. The molecule has 0 atom stereocenters. The number of para-hydroxylation sites is 2. The fourth-order valence-corrected chi connectivity index (χ4v) is 10.6. The average Bonchev–Trinajstić information content (AvgIpc) is 4.47. The number of primary amides is 1. The van der Waals surface area contributed by atoms with Gasteiger partial charge in [-0.2, -0.15) is 0 Å². The Hall–Kier alpha value is -6.69. The maximum absolute atomic E-state index is 13.2. The number of nitrogens with zero attached hydrogens (tertiary/aromatic N) is 2. The van der Waals surface area contributed by atoms with Gasteiger partial charge in [0, 0.05) is 112 Å². The first kappa shape index (κ1) is 58.5. The number of hydrogen-bond acceptors (Lipinski definition) is 9. The Morgan fingerprint density at radius 3 is 1.92 bits per heavy atom. The smallest absolute Gasteiger partial charge is 0.850 e. The zero-order chi connectivity index (χ0) is 55.1. The third-order valence-corrected chi connectivity index (χ3v) is 14.0. The van der Waals surface area contributed by atoms with Gasteiger partial charge in [0.05, 0.1) is 36.5 Å². The van der Waals surface area contributed by atoms with E-state index in [0.29, 0.717) is 29.7 Å². The number of carbonyl (C=O) groups is 5. The van der Waals surface area contributed by atoms with Crippen molar-refractivity contribution in [2.75, 3.05) is 20.3 Å². The first-order valence-electron chi connectivity index (χ1n) is 26.6. The number of aromatic nitrogens is 4. The maximum atomic E-state index is 13.2. The van der Waals surface area contributed by atoms with Gasteiger partial charge in [0.2, 0.25) is 5.91 Å². The van der Waals surface area contributed by atoms with Crippen LogP contribution in [0.2, 0.25) is 0 Å². The van der Waals surface area contributed by atoms with Crippen LogP contribution in [0.3, 0.4) is 0 Å². The Balaban J connectivity index is 0.000000158. The minimum absolute atomic E-state index is 0. The summed E-state index contributed by atoms with van der Waals surface area (Å²) in [5.74, 6) is -1.15. The molecule has 5 aromatic carbocycles. The van der Waals surface area contributed by atoms with Crippen LogP contribution < -0.4 is 67.0 Å². The molecule has 4 aromatic heterocycles. The number of H-pyrrole nitrogens is 2. The second-order valence-corrected chi connectivity index (χ2v) is 21.0. The molecule has 4 aliphatic rings. The number of fused-ring (bicyclic) bond motifs is 2. The van der Waals surface area contributed by atoms with E-state index in [4.69, 9.17) is 15.2 Å². The number of aromatic amines is 2. The fraction of sp³-hybridized carbons (Fsp3) is 0.297. The van der Waals surface area contributed by atoms with Gasteiger partial charge < -0.3 is 44.2 Å². The molecule has 13 rings (SSSR count). The minimum Gasteiger partial charge on any atom is -0.850 e. The molecule has 0 radical (unpaired) electrons. The summed E-state index contributed by atoms with van der Waals surface area (Å²) in [6.07, 6.45) is 14.5. The summed E-state index contributed by atoms with van der Waals surface area (Å²) >= 11 is 0. The van der Waals surface area contributed by atoms with Crippen LogP contribution in [0.5, 0.6) is 5.75 Å². The number of hydrogen-bond donors (Lipinski definition) is 3. The minimum atomic E-state index is -0.807. The van der Waals surface area contributed by atoms with Crippen molar-refractivity contribution in [3.63, 3.8) is 0 Å². The molecular formula is C64H66KN5O9. The molecule has 0 saturated carbocycles. The largest absolute Gasteiger partial charge is 1.00 e. The van der Waals surface area contributed by atoms with Gasteiger partial charge in [0.1, 0.15) is 12.4 Å². The van der Waals surface area contributed by atoms with E-state index in [-0.39, 0.29) is 75.3 Å². The summed E-state index contributed by atoms with van der Waals surface area (Å²) < 4.78 is 19.7. The van der Waals surface area contributed by atoms with Gasteiger partial charge in [-0.1, -0.05) is 99.6 Å². The summed E-state index contributed by atoms with van der Waals surface area (Å²) in [7, 11) is 1.23. The second-order valence-electron chi connectivity index (χ2n) is 21.0. The number of benzene rings is 5. The first-order chi connectivity index (χ1) is 37.6. The number of carbonyl (C=O) groups excluding carboxylic acids is 5. The number of Topliss-reactive ketones (excluding diaryl/α,β-unsaturated/α-hetero) is 3. The average molecular weight is 1090 g/mol. The van der Waals surface area contributed by atoms with E-state index in [9.17, 15) is 29.1 Å². The summed E-state index contributed by atoms with van der Waals surface area (Å²) in [6.45, 7) is 11.2. The molecule has 1 aliphatic carbocycles. The SMILES string of the molecule is C1CCOC1.CC(C)(C)[O-].COC(=O)C(=O)c1cn2c3c(cccc13)CCC2.Cc1ccc2c(CC(N)=O)c[nH]c2c1.O=C1CC(=O)C(c2cn3c4c(cccc24)CCC3)=C1c1c[nH]c2cc(OCc3ccccc3)ccc12.[K+]. The quantitative estimate of drug-likeness (QED) is 0.0430. The fourth-order valence-electron chi connectivity index (χ4n) is 10.6. The monoisotopic (exact) mass is 1090 g/mol. The number of esters is 1. The second kappa shape index (κ2) is 26.1. The van der Waals surface area contributed by atoms with Crippen LogP contribution in [-0.2, 0) is 67.6 Å². The number of ketones is 3. The standard InChI is InChI=1S/C31H24N2O3.C14H13NO3.C11H12N2O.C4H8O.C4H9O.K/c34-27-15-28(35)30(25-17-33-13-5-9-20-8-4-10-23(25)31(20)33)29(27)24-16-32-26-14-21(11-12-22(24)26)36-18-19-6-2-1-3-7-19;1-18-14(17)13(16)11-8-15-7-3-5-9-4-2-6-10(11)12(9)15;1-7-2-3-9-8(5-11(12)14)6-13-10(9)4-7;1-2-4-5-3-1;1-4(2,3)5;/h1-4,6-8,10-12,14,16-17,32H,5,9,13,15,18H2;2,4,6,8H,3,5,7H2,1H3;2-4,6,13H,5H2,1H3,(H2,12,14);1-4H2;1-3H3;/q;;;;-1;+1. The third-order valence-electron chi connectivity index (χ3n) is 14.0.